The second-order valence-corrected chi connectivity index (χ2v) is 4.82. The minimum atomic E-state index is -0.716. The van der Waals surface area contributed by atoms with Gasteiger partial charge >= 0.3 is 0 Å². The van der Waals surface area contributed by atoms with Crippen molar-refractivity contribution in [2.75, 3.05) is 5.75 Å². The Hall–Kier alpha value is -0.890. The van der Waals surface area contributed by atoms with Gasteiger partial charge in [-0.1, -0.05) is 42.5 Å². The molecule has 1 aliphatic heterocycles. The number of hydrogen-bond donors (Lipinski definition) is 0. The van der Waals surface area contributed by atoms with Crippen molar-refractivity contribution >= 4 is 10.8 Å². The second-order valence-electron chi connectivity index (χ2n) is 3.15. The Bertz CT molecular complexity index is 329. The van der Waals surface area contributed by atoms with E-state index < -0.39 is 10.8 Å². The third-order valence-electron chi connectivity index (χ3n) is 2.27. The van der Waals surface area contributed by atoms with Crippen LogP contribution in [0.2, 0.25) is 0 Å². The van der Waals surface area contributed by atoms with Gasteiger partial charge in [0.1, 0.15) is 0 Å². The molecular formula is C11H12OS. The molecule has 68 valence electrons. The highest BCUT2D eigenvalue weighted by Crippen LogP contribution is 2.26. The van der Waals surface area contributed by atoms with E-state index >= 15 is 0 Å². The van der Waals surface area contributed by atoms with Crippen molar-refractivity contribution in [3.8, 4) is 0 Å². The molecule has 1 aliphatic rings. The molecule has 2 heteroatoms. The summed E-state index contributed by atoms with van der Waals surface area (Å²) in [6.45, 7) is 0. The molecule has 2 rings (SSSR count). The van der Waals surface area contributed by atoms with Crippen molar-refractivity contribution in [3.05, 3.63) is 48.0 Å². The van der Waals surface area contributed by atoms with Gasteiger partial charge in [0.25, 0.3) is 0 Å². The van der Waals surface area contributed by atoms with Gasteiger partial charge in [-0.05, 0) is 12.0 Å². The van der Waals surface area contributed by atoms with Crippen LogP contribution in [0.3, 0.4) is 0 Å². The molecule has 0 spiro atoms. The number of rotatable bonds is 1. The van der Waals surface area contributed by atoms with Crippen LogP contribution in [-0.2, 0) is 10.8 Å². The van der Waals surface area contributed by atoms with Gasteiger partial charge in [-0.3, -0.25) is 4.21 Å². The van der Waals surface area contributed by atoms with E-state index in [-0.39, 0.29) is 5.25 Å². The molecule has 0 fully saturated rings. The Morgan fingerprint density at radius 1 is 1.15 bits per heavy atom. The SMILES string of the molecule is O=[S@@]1CC=CC[C@@H]1c1ccccc1. The van der Waals surface area contributed by atoms with Gasteiger partial charge < -0.3 is 0 Å². The zero-order valence-electron chi connectivity index (χ0n) is 7.35. The molecule has 1 heterocycles. The van der Waals surface area contributed by atoms with Crippen LogP contribution < -0.4 is 0 Å². The lowest BCUT2D eigenvalue weighted by atomic mass is 10.1. The summed E-state index contributed by atoms with van der Waals surface area (Å²) >= 11 is 0. The topological polar surface area (TPSA) is 17.1 Å². The second kappa shape index (κ2) is 3.88. The van der Waals surface area contributed by atoms with Crippen LogP contribution in [0, 0.1) is 0 Å². The summed E-state index contributed by atoms with van der Waals surface area (Å²) in [6.07, 6.45) is 5.05. The maximum Gasteiger partial charge on any atom is 0.0634 e. The minimum absolute atomic E-state index is 0.214. The molecular weight excluding hydrogens is 180 g/mol. The van der Waals surface area contributed by atoms with E-state index in [1.807, 2.05) is 24.3 Å². The molecule has 1 nitrogen and oxygen atoms in total. The molecule has 2 atom stereocenters. The van der Waals surface area contributed by atoms with Gasteiger partial charge in [-0.2, -0.15) is 0 Å². The van der Waals surface area contributed by atoms with E-state index in [2.05, 4.69) is 18.2 Å². The van der Waals surface area contributed by atoms with E-state index in [1.165, 1.54) is 5.56 Å². The Balaban J connectivity index is 2.26. The molecule has 0 aromatic heterocycles. The molecule has 0 unspecified atom stereocenters. The molecule has 13 heavy (non-hydrogen) atoms. The standard InChI is InChI=1S/C11H12OS/c12-13-9-5-4-8-11(13)10-6-2-1-3-7-10/h1-7,11H,8-9H2/t11-,13-/m1/s1. The summed E-state index contributed by atoms with van der Waals surface area (Å²) in [5, 5.41) is 0.214. The number of allylic oxidation sites excluding steroid dienone is 1. The minimum Gasteiger partial charge on any atom is -0.259 e. The van der Waals surface area contributed by atoms with Crippen LogP contribution >= 0.6 is 0 Å². The monoisotopic (exact) mass is 192 g/mol. The largest absolute Gasteiger partial charge is 0.259 e. The van der Waals surface area contributed by atoms with Crippen LogP contribution in [0.1, 0.15) is 17.2 Å². The molecule has 0 aliphatic carbocycles. The van der Waals surface area contributed by atoms with Gasteiger partial charge in [0.05, 0.1) is 5.25 Å². The maximum atomic E-state index is 11.7. The maximum absolute atomic E-state index is 11.7. The van der Waals surface area contributed by atoms with E-state index in [4.69, 9.17) is 0 Å². The van der Waals surface area contributed by atoms with Crippen molar-refractivity contribution in [2.45, 2.75) is 11.7 Å². The van der Waals surface area contributed by atoms with Gasteiger partial charge in [-0.25, -0.2) is 0 Å². The number of benzene rings is 1. The van der Waals surface area contributed by atoms with Gasteiger partial charge in [0.2, 0.25) is 0 Å². The summed E-state index contributed by atoms with van der Waals surface area (Å²) in [5.41, 5.74) is 1.20. The lowest BCUT2D eigenvalue weighted by Crippen LogP contribution is -2.11. The van der Waals surface area contributed by atoms with Crippen molar-refractivity contribution in [3.63, 3.8) is 0 Å². The van der Waals surface area contributed by atoms with E-state index in [0.717, 1.165) is 6.42 Å². The fourth-order valence-electron chi connectivity index (χ4n) is 1.56. The first kappa shape index (κ1) is 8.70. The zero-order valence-corrected chi connectivity index (χ0v) is 8.17. The van der Waals surface area contributed by atoms with Crippen molar-refractivity contribution in [1.29, 1.82) is 0 Å². The van der Waals surface area contributed by atoms with Crippen LogP contribution in [0.15, 0.2) is 42.5 Å². The predicted octanol–water partition coefficient (Wildman–Crippen LogP) is 2.44. The van der Waals surface area contributed by atoms with Gasteiger partial charge in [0, 0.05) is 16.6 Å². The van der Waals surface area contributed by atoms with E-state index in [0.29, 0.717) is 5.75 Å². The highest BCUT2D eigenvalue weighted by molar-refractivity contribution is 7.85. The molecule has 0 amide bonds. The smallest absolute Gasteiger partial charge is 0.0634 e. The van der Waals surface area contributed by atoms with Crippen molar-refractivity contribution in [1.82, 2.24) is 0 Å². The molecule has 0 N–H and O–H groups in total. The number of hydrogen-bond acceptors (Lipinski definition) is 1. The first-order chi connectivity index (χ1) is 6.38. The Labute approximate surface area is 80.9 Å². The molecule has 0 bridgehead atoms. The Morgan fingerprint density at radius 3 is 2.62 bits per heavy atom. The third-order valence-corrected chi connectivity index (χ3v) is 3.89. The highest BCUT2D eigenvalue weighted by atomic mass is 32.2. The van der Waals surface area contributed by atoms with Crippen molar-refractivity contribution < 1.29 is 4.21 Å². The highest BCUT2D eigenvalue weighted by Gasteiger charge is 2.18. The molecule has 1 aromatic carbocycles. The van der Waals surface area contributed by atoms with Crippen molar-refractivity contribution in [2.24, 2.45) is 0 Å². The average molecular weight is 192 g/mol. The van der Waals surface area contributed by atoms with Gasteiger partial charge in [0.15, 0.2) is 0 Å². The fourth-order valence-corrected chi connectivity index (χ4v) is 2.91. The molecule has 0 saturated heterocycles. The van der Waals surface area contributed by atoms with E-state index in [1.54, 1.807) is 0 Å². The molecule has 0 saturated carbocycles. The van der Waals surface area contributed by atoms with Gasteiger partial charge in [-0.15, -0.1) is 0 Å². The summed E-state index contributed by atoms with van der Waals surface area (Å²) in [5.74, 6) is 0.708. The summed E-state index contributed by atoms with van der Waals surface area (Å²) in [6, 6.07) is 10.1. The predicted molar refractivity (Wildman–Crippen MR) is 55.9 cm³/mol. The summed E-state index contributed by atoms with van der Waals surface area (Å²) in [4.78, 5) is 0. The average Bonchev–Trinajstić information content (AvgIpc) is 2.20. The normalized spacial score (nSPS) is 27.4. The summed E-state index contributed by atoms with van der Waals surface area (Å²) in [7, 11) is -0.716. The zero-order chi connectivity index (χ0) is 9.10. The quantitative estimate of drug-likeness (QED) is 0.625. The molecule has 0 radical (unpaired) electrons. The van der Waals surface area contributed by atoms with Crippen LogP contribution in [0.5, 0.6) is 0 Å². The fraction of sp³-hybridized carbons (Fsp3) is 0.273. The van der Waals surface area contributed by atoms with Crippen LogP contribution in [0.4, 0.5) is 0 Å². The van der Waals surface area contributed by atoms with Crippen LogP contribution in [0.25, 0.3) is 0 Å². The Morgan fingerprint density at radius 2 is 1.92 bits per heavy atom. The Kier molecular flexibility index (Phi) is 2.60. The summed E-state index contributed by atoms with van der Waals surface area (Å²) < 4.78 is 11.7. The van der Waals surface area contributed by atoms with Crippen LogP contribution in [-0.4, -0.2) is 9.96 Å². The first-order valence-corrected chi connectivity index (χ1v) is 5.83. The first-order valence-electron chi connectivity index (χ1n) is 4.45. The lowest BCUT2D eigenvalue weighted by Gasteiger charge is -2.17. The lowest BCUT2D eigenvalue weighted by molar-refractivity contribution is 0.672. The molecule has 1 aromatic rings. The third kappa shape index (κ3) is 1.89. The van der Waals surface area contributed by atoms with E-state index in [9.17, 15) is 4.21 Å².